The molecule has 0 spiro atoms. The van der Waals surface area contributed by atoms with Crippen LogP contribution in [0.3, 0.4) is 0 Å². The van der Waals surface area contributed by atoms with E-state index in [0.29, 0.717) is 33.6 Å². The topological polar surface area (TPSA) is 58.6 Å². The number of halogens is 2. The van der Waals surface area contributed by atoms with E-state index in [-0.39, 0.29) is 11.8 Å². The smallest absolute Gasteiger partial charge is 0.265 e. The van der Waals surface area contributed by atoms with Crippen molar-refractivity contribution in [2.45, 2.75) is 19.6 Å². The molecular formula is C24H22Cl2N2O3. The molecule has 31 heavy (non-hydrogen) atoms. The Morgan fingerprint density at radius 2 is 1.74 bits per heavy atom. The molecule has 1 atom stereocenters. The lowest BCUT2D eigenvalue weighted by molar-refractivity contribution is -0.122. The van der Waals surface area contributed by atoms with Gasteiger partial charge in [-0.25, -0.2) is 0 Å². The van der Waals surface area contributed by atoms with Crippen LogP contribution in [-0.2, 0) is 11.3 Å². The average Bonchev–Trinajstić information content (AvgIpc) is 2.76. The van der Waals surface area contributed by atoms with Gasteiger partial charge in [0.25, 0.3) is 11.8 Å². The van der Waals surface area contributed by atoms with Crippen LogP contribution in [0, 0.1) is 0 Å². The van der Waals surface area contributed by atoms with Crippen molar-refractivity contribution in [1.82, 2.24) is 4.90 Å². The van der Waals surface area contributed by atoms with E-state index in [2.05, 4.69) is 5.32 Å². The van der Waals surface area contributed by atoms with Crippen LogP contribution in [0.1, 0.15) is 22.8 Å². The molecule has 0 heterocycles. The summed E-state index contributed by atoms with van der Waals surface area (Å²) in [6.07, 6.45) is -0.807. The number of hydrogen-bond donors (Lipinski definition) is 1. The van der Waals surface area contributed by atoms with Crippen LogP contribution >= 0.6 is 23.2 Å². The van der Waals surface area contributed by atoms with E-state index in [1.165, 1.54) is 0 Å². The lowest BCUT2D eigenvalue weighted by Gasteiger charge is -2.18. The Bertz CT molecular complexity index is 1070. The fourth-order valence-corrected chi connectivity index (χ4v) is 3.39. The van der Waals surface area contributed by atoms with Gasteiger partial charge in [0.05, 0.1) is 5.02 Å². The fourth-order valence-electron chi connectivity index (χ4n) is 2.94. The first kappa shape index (κ1) is 22.7. The maximum absolute atomic E-state index is 12.8. The van der Waals surface area contributed by atoms with E-state index in [1.807, 2.05) is 30.3 Å². The molecule has 3 rings (SSSR count). The predicted molar refractivity (Wildman–Crippen MR) is 124 cm³/mol. The maximum atomic E-state index is 12.8. The van der Waals surface area contributed by atoms with E-state index in [0.717, 1.165) is 5.56 Å². The summed E-state index contributed by atoms with van der Waals surface area (Å²) in [6, 6.07) is 21.3. The van der Waals surface area contributed by atoms with Gasteiger partial charge < -0.3 is 15.0 Å². The van der Waals surface area contributed by atoms with Crippen molar-refractivity contribution in [2.75, 3.05) is 12.4 Å². The number of amides is 2. The van der Waals surface area contributed by atoms with Gasteiger partial charge in [0.15, 0.2) is 6.10 Å². The molecule has 0 aliphatic carbocycles. The first-order valence-electron chi connectivity index (χ1n) is 9.65. The normalized spacial score (nSPS) is 11.5. The van der Waals surface area contributed by atoms with E-state index in [9.17, 15) is 9.59 Å². The van der Waals surface area contributed by atoms with E-state index in [1.54, 1.807) is 61.3 Å². The largest absolute Gasteiger partial charge is 0.479 e. The van der Waals surface area contributed by atoms with Crippen molar-refractivity contribution in [3.8, 4) is 5.75 Å². The quantitative estimate of drug-likeness (QED) is 0.497. The second-order valence-corrected chi connectivity index (χ2v) is 7.90. The van der Waals surface area contributed by atoms with Gasteiger partial charge >= 0.3 is 0 Å². The molecule has 1 N–H and O–H groups in total. The molecule has 0 bridgehead atoms. The molecule has 0 fully saturated rings. The van der Waals surface area contributed by atoms with Crippen molar-refractivity contribution in [2.24, 2.45) is 0 Å². The second kappa shape index (κ2) is 10.3. The zero-order chi connectivity index (χ0) is 22.4. The van der Waals surface area contributed by atoms with Gasteiger partial charge in [-0.1, -0.05) is 59.6 Å². The summed E-state index contributed by atoms with van der Waals surface area (Å²) in [5.74, 6) is -0.148. The summed E-state index contributed by atoms with van der Waals surface area (Å²) in [5, 5.41) is 3.57. The van der Waals surface area contributed by atoms with E-state index in [4.69, 9.17) is 27.9 Å². The predicted octanol–water partition coefficient (Wildman–Crippen LogP) is 5.67. The van der Waals surface area contributed by atoms with Crippen molar-refractivity contribution in [3.63, 3.8) is 0 Å². The molecular weight excluding hydrogens is 435 g/mol. The van der Waals surface area contributed by atoms with Crippen molar-refractivity contribution < 1.29 is 14.3 Å². The summed E-state index contributed by atoms with van der Waals surface area (Å²) in [7, 11) is 1.74. The molecule has 5 nitrogen and oxygen atoms in total. The molecule has 0 aliphatic heterocycles. The number of ether oxygens (including phenoxy) is 1. The van der Waals surface area contributed by atoms with E-state index >= 15 is 0 Å². The van der Waals surface area contributed by atoms with E-state index < -0.39 is 6.10 Å². The molecule has 0 radical (unpaired) electrons. The number of hydrogen-bond acceptors (Lipinski definition) is 3. The lowest BCUT2D eigenvalue weighted by Crippen LogP contribution is -2.30. The Labute approximate surface area is 191 Å². The molecule has 0 aromatic heterocycles. The number of nitrogens with zero attached hydrogens (tertiary/aromatic N) is 1. The van der Waals surface area contributed by atoms with Gasteiger partial charge in [0, 0.05) is 29.9 Å². The highest BCUT2D eigenvalue weighted by Gasteiger charge is 2.18. The third-order valence-electron chi connectivity index (χ3n) is 4.55. The van der Waals surface area contributed by atoms with Gasteiger partial charge in [-0.05, 0) is 48.9 Å². The van der Waals surface area contributed by atoms with Crippen LogP contribution < -0.4 is 10.1 Å². The Morgan fingerprint density at radius 1 is 1.00 bits per heavy atom. The highest BCUT2D eigenvalue weighted by atomic mass is 35.5. The number of carbonyl (C=O) groups excluding carboxylic acids is 2. The van der Waals surface area contributed by atoms with Crippen molar-refractivity contribution >= 4 is 40.7 Å². The maximum Gasteiger partial charge on any atom is 0.265 e. The summed E-state index contributed by atoms with van der Waals surface area (Å²) < 4.78 is 5.64. The summed E-state index contributed by atoms with van der Waals surface area (Å²) >= 11 is 12.0. The van der Waals surface area contributed by atoms with Gasteiger partial charge in [0.2, 0.25) is 0 Å². The third-order valence-corrected chi connectivity index (χ3v) is 5.08. The van der Waals surface area contributed by atoms with Gasteiger partial charge in [-0.2, -0.15) is 0 Å². The summed E-state index contributed by atoms with van der Waals surface area (Å²) in [4.78, 5) is 27.0. The molecule has 160 valence electrons. The van der Waals surface area contributed by atoms with Gasteiger partial charge in [-0.15, -0.1) is 0 Å². The van der Waals surface area contributed by atoms with Crippen LogP contribution in [0.5, 0.6) is 5.75 Å². The summed E-state index contributed by atoms with van der Waals surface area (Å²) in [6.45, 7) is 2.10. The summed E-state index contributed by atoms with van der Waals surface area (Å²) in [5.41, 5.74) is 2.02. The molecule has 0 aliphatic rings. The van der Waals surface area contributed by atoms with Crippen LogP contribution in [0.25, 0.3) is 0 Å². The Balaban J connectivity index is 1.63. The van der Waals surface area contributed by atoms with Crippen LogP contribution in [0.4, 0.5) is 5.69 Å². The standard InChI is InChI=1S/C24H22Cl2N2O3/c1-16(31-22-12-11-19(25)14-21(22)26)23(29)27-20-10-6-9-18(13-20)24(30)28(2)15-17-7-4-3-5-8-17/h3-14,16H,15H2,1-2H3,(H,27,29). The minimum Gasteiger partial charge on any atom is -0.479 e. The highest BCUT2D eigenvalue weighted by Crippen LogP contribution is 2.28. The SMILES string of the molecule is CC(Oc1ccc(Cl)cc1Cl)C(=O)Nc1cccc(C(=O)N(C)Cc2ccccc2)c1. The minimum atomic E-state index is -0.807. The molecule has 2 amide bonds. The molecule has 0 saturated heterocycles. The molecule has 0 saturated carbocycles. The second-order valence-electron chi connectivity index (χ2n) is 7.05. The first-order valence-corrected chi connectivity index (χ1v) is 10.4. The average molecular weight is 457 g/mol. The highest BCUT2D eigenvalue weighted by molar-refractivity contribution is 6.35. The zero-order valence-corrected chi connectivity index (χ0v) is 18.7. The van der Waals surface area contributed by atoms with Crippen LogP contribution in [0.15, 0.2) is 72.8 Å². The Morgan fingerprint density at radius 3 is 2.45 bits per heavy atom. The third kappa shape index (κ3) is 6.23. The lowest BCUT2D eigenvalue weighted by atomic mass is 10.1. The molecule has 7 heteroatoms. The Kier molecular flexibility index (Phi) is 7.55. The monoisotopic (exact) mass is 456 g/mol. The number of benzene rings is 3. The Hall–Kier alpha value is -3.02. The number of anilines is 1. The van der Waals surface area contributed by atoms with Crippen molar-refractivity contribution in [3.05, 3.63) is 94.0 Å². The molecule has 3 aromatic carbocycles. The van der Waals surface area contributed by atoms with Crippen molar-refractivity contribution in [1.29, 1.82) is 0 Å². The minimum absolute atomic E-state index is 0.141. The van der Waals surface area contributed by atoms with Gasteiger partial charge in [0.1, 0.15) is 5.75 Å². The first-order chi connectivity index (χ1) is 14.8. The number of nitrogens with one attached hydrogen (secondary N) is 1. The van der Waals surface area contributed by atoms with Crippen LogP contribution in [0.2, 0.25) is 10.0 Å². The number of carbonyl (C=O) groups is 2. The fraction of sp³-hybridized carbons (Fsp3) is 0.167. The molecule has 3 aromatic rings. The van der Waals surface area contributed by atoms with Gasteiger partial charge in [-0.3, -0.25) is 9.59 Å². The zero-order valence-electron chi connectivity index (χ0n) is 17.1. The van der Waals surface area contributed by atoms with Crippen LogP contribution in [-0.4, -0.2) is 29.9 Å². The molecule has 1 unspecified atom stereocenters. The number of rotatable bonds is 7.